The van der Waals surface area contributed by atoms with Crippen molar-refractivity contribution < 1.29 is 13.2 Å². The Morgan fingerprint density at radius 2 is 1.88 bits per heavy atom. The van der Waals surface area contributed by atoms with Gasteiger partial charge in [0.05, 0.1) is 7.11 Å². The number of aromatic nitrogens is 4. The Morgan fingerprint density at radius 3 is 2.50 bits per heavy atom. The fraction of sp³-hybridized carbons (Fsp3) is 0.133. The van der Waals surface area contributed by atoms with Gasteiger partial charge in [-0.2, -0.15) is 5.21 Å². The number of ether oxygens (including phenoxy) is 1. The van der Waals surface area contributed by atoms with Crippen LogP contribution in [0.5, 0.6) is 5.75 Å². The Morgan fingerprint density at radius 1 is 1.12 bits per heavy atom. The number of sulfonamides is 1. The summed E-state index contributed by atoms with van der Waals surface area (Å²) in [5.41, 5.74) is 1.97. The maximum Gasteiger partial charge on any atom is 0.265 e. The van der Waals surface area contributed by atoms with Crippen LogP contribution in [-0.4, -0.2) is 36.2 Å². The number of rotatable bonds is 5. The van der Waals surface area contributed by atoms with E-state index in [2.05, 4.69) is 25.3 Å². The predicted molar refractivity (Wildman–Crippen MR) is 88.2 cm³/mol. The number of nitrogens with zero attached hydrogens (tertiary/aromatic N) is 3. The summed E-state index contributed by atoms with van der Waals surface area (Å²) in [6.07, 6.45) is 0. The van der Waals surface area contributed by atoms with Gasteiger partial charge in [-0.1, -0.05) is 6.07 Å². The summed E-state index contributed by atoms with van der Waals surface area (Å²) in [6.45, 7) is 1.82. The highest BCUT2D eigenvalue weighted by Gasteiger charge is 2.20. The zero-order valence-corrected chi connectivity index (χ0v) is 13.8. The maximum atomic E-state index is 12.6. The molecular formula is C15H15N5O3S. The molecule has 0 aliphatic rings. The predicted octanol–water partition coefficient (Wildman–Crippen LogP) is 1.98. The molecule has 0 atom stereocenters. The highest BCUT2D eigenvalue weighted by Crippen LogP contribution is 2.27. The van der Waals surface area contributed by atoms with Gasteiger partial charge in [-0.15, -0.1) is 10.2 Å². The fourth-order valence-electron chi connectivity index (χ4n) is 2.18. The summed E-state index contributed by atoms with van der Waals surface area (Å²) in [4.78, 5) is 0.0900. The number of aryl methyl sites for hydroxylation is 1. The van der Waals surface area contributed by atoms with Gasteiger partial charge in [-0.05, 0) is 54.1 Å². The summed E-state index contributed by atoms with van der Waals surface area (Å²) in [5, 5.41) is 13.6. The van der Waals surface area contributed by atoms with E-state index in [1.54, 1.807) is 42.5 Å². The third-order valence-electron chi connectivity index (χ3n) is 3.35. The van der Waals surface area contributed by atoms with E-state index in [-0.39, 0.29) is 10.6 Å². The van der Waals surface area contributed by atoms with Gasteiger partial charge < -0.3 is 4.74 Å². The summed E-state index contributed by atoms with van der Waals surface area (Å²) < 4.78 is 32.9. The van der Waals surface area contributed by atoms with Crippen LogP contribution in [-0.2, 0) is 10.0 Å². The van der Waals surface area contributed by atoms with E-state index in [0.717, 1.165) is 11.1 Å². The highest BCUT2D eigenvalue weighted by atomic mass is 32.2. The molecular weight excluding hydrogens is 330 g/mol. The molecule has 0 spiro atoms. The summed E-state index contributed by atoms with van der Waals surface area (Å²) >= 11 is 0. The highest BCUT2D eigenvalue weighted by molar-refractivity contribution is 7.92. The molecule has 2 N–H and O–H groups in total. The first-order valence-electron chi connectivity index (χ1n) is 7.01. The van der Waals surface area contributed by atoms with Gasteiger partial charge in [0.1, 0.15) is 10.6 Å². The molecule has 0 saturated carbocycles. The van der Waals surface area contributed by atoms with Gasteiger partial charge in [-0.3, -0.25) is 4.72 Å². The monoisotopic (exact) mass is 345 g/mol. The number of hydrogen-bond donors (Lipinski definition) is 2. The smallest absolute Gasteiger partial charge is 0.265 e. The summed E-state index contributed by atoms with van der Waals surface area (Å²) in [7, 11) is -2.34. The minimum absolute atomic E-state index is 0.0900. The zero-order valence-electron chi connectivity index (χ0n) is 13.0. The van der Waals surface area contributed by atoms with Crippen LogP contribution in [0.1, 0.15) is 5.56 Å². The Kier molecular flexibility index (Phi) is 4.17. The first-order chi connectivity index (χ1) is 11.5. The van der Waals surface area contributed by atoms with E-state index in [9.17, 15) is 8.42 Å². The van der Waals surface area contributed by atoms with Gasteiger partial charge in [0.2, 0.25) is 5.82 Å². The van der Waals surface area contributed by atoms with Gasteiger partial charge in [0, 0.05) is 11.3 Å². The molecule has 0 aliphatic carbocycles. The SMILES string of the molecule is COc1ccc(C)cc1S(=O)(=O)Nc1ccc(-c2nn[nH]n2)cc1. The van der Waals surface area contributed by atoms with Gasteiger partial charge >= 0.3 is 0 Å². The van der Waals surface area contributed by atoms with E-state index >= 15 is 0 Å². The minimum Gasteiger partial charge on any atom is -0.495 e. The number of hydrogen-bond acceptors (Lipinski definition) is 6. The summed E-state index contributed by atoms with van der Waals surface area (Å²) in [6, 6.07) is 11.7. The van der Waals surface area contributed by atoms with Crippen molar-refractivity contribution in [3.05, 3.63) is 48.0 Å². The standard InChI is InChI=1S/C15H15N5O3S/c1-10-3-8-13(23-2)14(9-10)24(21,22)18-12-6-4-11(5-7-12)15-16-19-20-17-15/h3-9,18H,1-2H3,(H,16,17,19,20). The third-order valence-corrected chi connectivity index (χ3v) is 4.75. The quantitative estimate of drug-likeness (QED) is 0.732. The molecule has 0 radical (unpaired) electrons. The van der Waals surface area contributed by atoms with E-state index < -0.39 is 10.0 Å². The fourth-order valence-corrected chi connectivity index (χ4v) is 3.49. The van der Waals surface area contributed by atoms with Crippen molar-refractivity contribution >= 4 is 15.7 Å². The van der Waals surface area contributed by atoms with Crippen molar-refractivity contribution in [1.82, 2.24) is 20.6 Å². The molecule has 0 bridgehead atoms. The number of aromatic amines is 1. The second kappa shape index (κ2) is 6.28. The van der Waals surface area contributed by atoms with Gasteiger partial charge in [0.15, 0.2) is 0 Å². The van der Waals surface area contributed by atoms with Crippen molar-refractivity contribution in [2.75, 3.05) is 11.8 Å². The molecule has 0 unspecified atom stereocenters. The number of benzene rings is 2. The number of tetrazole rings is 1. The average Bonchev–Trinajstić information content (AvgIpc) is 3.10. The van der Waals surface area contributed by atoms with Crippen molar-refractivity contribution in [3.63, 3.8) is 0 Å². The number of methoxy groups -OCH3 is 1. The van der Waals surface area contributed by atoms with Crippen LogP contribution in [0.4, 0.5) is 5.69 Å². The maximum absolute atomic E-state index is 12.6. The molecule has 1 heterocycles. The first kappa shape index (κ1) is 15.9. The molecule has 9 heteroatoms. The molecule has 3 rings (SSSR count). The molecule has 0 amide bonds. The average molecular weight is 345 g/mol. The Bertz CT molecular complexity index is 938. The second-order valence-corrected chi connectivity index (χ2v) is 6.72. The van der Waals surface area contributed by atoms with Crippen LogP contribution in [0.15, 0.2) is 47.4 Å². The lowest BCUT2D eigenvalue weighted by molar-refractivity contribution is 0.402. The molecule has 0 aliphatic heterocycles. The number of nitrogens with one attached hydrogen (secondary N) is 2. The van der Waals surface area contributed by atoms with Crippen LogP contribution in [0.3, 0.4) is 0 Å². The van der Waals surface area contributed by atoms with E-state index in [4.69, 9.17) is 4.74 Å². The number of H-pyrrole nitrogens is 1. The lowest BCUT2D eigenvalue weighted by Gasteiger charge is -2.12. The van der Waals surface area contributed by atoms with Crippen molar-refractivity contribution in [2.24, 2.45) is 0 Å². The van der Waals surface area contributed by atoms with Gasteiger partial charge in [0.25, 0.3) is 10.0 Å². The normalized spacial score (nSPS) is 11.2. The second-order valence-electron chi connectivity index (χ2n) is 5.07. The van der Waals surface area contributed by atoms with Crippen LogP contribution in [0.25, 0.3) is 11.4 Å². The van der Waals surface area contributed by atoms with Crippen molar-refractivity contribution in [2.45, 2.75) is 11.8 Å². The molecule has 124 valence electrons. The van der Waals surface area contributed by atoms with Crippen LogP contribution in [0.2, 0.25) is 0 Å². The molecule has 8 nitrogen and oxygen atoms in total. The molecule has 2 aromatic carbocycles. The molecule has 3 aromatic rings. The van der Waals surface area contributed by atoms with Crippen molar-refractivity contribution in [3.8, 4) is 17.1 Å². The summed E-state index contributed by atoms with van der Waals surface area (Å²) in [5.74, 6) is 0.723. The molecule has 24 heavy (non-hydrogen) atoms. The first-order valence-corrected chi connectivity index (χ1v) is 8.49. The van der Waals surface area contributed by atoms with Gasteiger partial charge in [-0.25, -0.2) is 8.42 Å². The molecule has 0 saturated heterocycles. The van der Waals surface area contributed by atoms with E-state index in [1.807, 2.05) is 6.92 Å². The third kappa shape index (κ3) is 3.20. The molecule has 0 fully saturated rings. The largest absolute Gasteiger partial charge is 0.495 e. The van der Waals surface area contributed by atoms with Crippen LogP contribution in [0, 0.1) is 6.92 Å². The lowest BCUT2D eigenvalue weighted by Crippen LogP contribution is -2.14. The molecule has 1 aromatic heterocycles. The Balaban J connectivity index is 1.88. The Labute approximate surface area is 138 Å². The number of anilines is 1. The Hall–Kier alpha value is -2.94. The minimum atomic E-state index is -3.77. The van der Waals surface area contributed by atoms with Crippen LogP contribution < -0.4 is 9.46 Å². The topological polar surface area (TPSA) is 110 Å². The van der Waals surface area contributed by atoms with Crippen molar-refractivity contribution in [1.29, 1.82) is 0 Å². The van der Waals surface area contributed by atoms with Crippen LogP contribution >= 0.6 is 0 Å². The van der Waals surface area contributed by atoms with E-state index in [1.165, 1.54) is 7.11 Å². The zero-order chi connectivity index (χ0) is 17.2. The van der Waals surface area contributed by atoms with E-state index in [0.29, 0.717) is 11.5 Å². The lowest BCUT2D eigenvalue weighted by atomic mass is 10.2.